The number of nitrogens with one attached hydrogen (secondary N) is 1. The molecule has 35 heavy (non-hydrogen) atoms. The summed E-state index contributed by atoms with van der Waals surface area (Å²) < 4.78 is 65.0. The highest BCUT2D eigenvalue weighted by atomic mass is 35.5. The number of anilines is 2. The van der Waals surface area contributed by atoms with Crippen LogP contribution < -0.4 is 14.5 Å². The number of alkyl halides is 3. The first-order chi connectivity index (χ1) is 16.3. The summed E-state index contributed by atoms with van der Waals surface area (Å²) in [5.74, 6) is -0.0207. The highest BCUT2D eigenvalue weighted by Gasteiger charge is 2.34. The first kappa shape index (κ1) is 27.1. The lowest BCUT2D eigenvalue weighted by atomic mass is 9.99. The zero-order valence-corrected chi connectivity index (χ0v) is 21.3. The number of carbonyl (C=O) groups excluding carboxylic acids is 1. The van der Waals surface area contributed by atoms with Crippen molar-refractivity contribution in [1.82, 2.24) is 5.32 Å². The molecule has 0 radical (unpaired) electrons. The fraction of sp³-hybridized carbons (Fsp3) is 0.458. The van der Waals surface area contributed by atoms with Gasteiger partial charge in [0.1, 0.15) is 6.54 Å². The van der Waals surface area contributed by atoms with Gasteiger partial charge in [0.05, 0.1) is 28.6 Å². The molecule has 0 bridgehead atoms. The maximum Gasteiger partial charge on any atom is 0.417 e. The smallest absolute Gasteiger partial charge is 0.371 e. The summed E-state index contributed by atoms with van der Waals surface area (Å²) >= 11 is 5.64. The minimum Gasteiger partial charge on any atom is -0.371 e. The van der Waals surface area contributed by atoms with Gasteiger partial charge in [0.2, 0.25) is 15.9 Å². The van der Waals surface area contributed by atoms with Crippen LogP contribution in [0.5, 0.6) is 0 Å². The number of benzene rings is 2. The summed E-state index contributed by atoms with van der Waals surface area (Å²) in [4.78, 5) is 15.0. The van der Waals surface area contributed by atoms with E-state index >= 15 is 0 Å². The number of halogens is 4. The second-order valence-electron chi connectivity index (χ2n) is 9.01. The lowest BCUT2D eigenvalue weighted by molar-refractivity contribution is -0.137. The van der Waals surface area contributed by atoms with Crippen LogP contribution in [0.3, 0.4) is 0 Å². The fourth-order valence-corrected chi connectivity index (χ4v) is 5.26. The van der Waals surface area contributed by atoms with Gasteiger partial charge in [-0.2, -0.15) is 13.2 Å². The number of sulfonamides is 1. The highest BCUT2D eigenvalue weighted by Crippen LogP contribution is 2.37. The predicted octanol–water partition coefficient (Wildman–Crippen LogP) is 5.24. The molecule has 0 spiro atoms. The molecular weight excluding hydrogens is 503 g/mol. The Morgan fingerprint density at radius 3 is 2.46 bits per heavy atom. The SMILES string of the molecule is CC1CCCN(c2ccc(C(C)NC(=O)CN(c3ccc(Cl)c(C(F)(F)F)c3)S(C)(=O)=O)cc2)C1. The summed E-state index contributed by atoms with van der Waals surface area (Å²) in [6.45, 7) is 5.30. The first-order valence-corrected chi connectivity index (χ1v) is 13.5. The number of nitrogens with zero attached hydrogens (tertiary/aromatic N) is 2. The average molecular weight is 532 g/mol. The number of hydrogen-bond acceptors (Lipinski definition) is 4. The van der Waals surface area contributed by atoms with Gasteiger partial charge in [-0.1, -0.05) is 30.7 Å². The van der Waals surface area contributed by atoms with Gasteiger partial charge in [-0.3, -0.25) is 9.10 Å². The Morgan fingerprint density at radius 2 is 1.89 bits per heavy atom. The van der Waals surface area contributed by atoms with Crippen molar-refractivity contribution in [3.63, 3.8) is 0 Å². The van der Waals surface area contributed by atoms with E-state index in [4.69, 9.17) is 11.6 Å². The van der Waals surface area contributed by atoms with E-state index in [1.165, 1.54) is 6.42 Å². The molecule has 3 rings (SSSR count). The molecule has 1 aliphatic rings. The molecule has 1 heterocycles. The van der Waals surface area contributed by atoms with E-state index in [9.17, 15) is 26.4 Å². The fourth-order valence-electron chi connectivity index (χ4n) is 4.18. The van der Waals surface area contributed by atoms with Crippen molar-refractivity contribution in [2.24, 2.45) is 5.92 Å². The Labute approximate surface area is 209 Å². The van der Waals surface area contributed by atoms with E-state index in [0.717, 1.165) is 49.1 Å². The number of carbonyl (C=O) groups is 1. The minimum absolute atomic E-state index is 0.299. The standard InChI is InChI=1S/C24H29ClF3N3O3S/c1-16-5-4-12-30(14-16)19-8-6-18(7-9-19)17(2)29-23(32)15-31(35(3,33)34)20-10-11-22(25)21(13-20)24(26,27)28/h6-11,13,16-17H,4-5,12,14-15H2,1-3H3,(H,29,32). The summed E-state index contributed by atoms with van der Waals surface area (Å²) in [5.41, 5.74) is 0.448. The van der Waals surface area contributed by atoms with Crippen molar-refractivity contribution in [1.29, 1.82) is 0 Å². The zero-order valence-electron chi connectivity index (χ0n) is 19.8. The van der Waals surface area contributed by atoms with Crippen LogP contribution in [-0.2, 0) is 21.0 Å². The van der Waals surface area contributed by atoms with Crippen molar-refractivity contribution in [3.05, 3.63) is 58.6 Å². The number of rotatable bonds is 7. The van der Waals surface area contributed by atoms with Crippen LogP contribution in [0.1, 0.15) is 43.9 Å². The molecule has 0 aliphatic carbocycles. The van der Waals surface area contributed by atoms with Crippen LogP contribution in [0.15, 0.2) is 42.5 Å². The Balaban J connectivity index is 1.71. The molecule has 1 aliphatic heterocycles. The van der Waals surface area contributed by atoms with E-state index in [2.05, 4.69) is 17.1 Å². The predicted molar refractivity (Wildman–Crippen MR) is 132 cm³/mol. The van der Waals surface area contributed by atoms with Crippen molar-refractivity contribution >= 4 is 38.9 Å². The second-order valence-corrected chi connectivity index (χ2v) is 11.3. The Kier molecular flexibility index (Phi) is 8.26. The maximum atomic E-state index is 13.2. The molecule has 1 saturated heterocycles. The summed E-state index contributed by atoms with van der Waals surface area (Å²) in [6, 6.07) is 10.1. The number of piperidine rings is 1. The van der Waals surface area contributed by atoms with Crippen molar-refractivity contribution in [3.8, 4) is 0 Å². The highest BCUT2D eigenvalue weighted by molar-refractivity contribution is 7.92. The maximum absolute atomic E-state index is 13.2. The summed E-state index contributed by atoms with van der Waals surface area (Å²) in [6.07, 6.45) is -1.59. The van der Waals surface area contributed by atoms with E-state index < -0.39 is 45.3 Å². The molecule has 11 heteroatoms. The van der Waals surface area contributed by atoms with Crippen molar-refractivity contribution in [2.75, 3.05) is 35.1 Å². The molecule has 6 nitrogen and oxygen atoms in total. The van der Waals surface area contributed by atoms with Crippen LogP contribution in [0.25, 0.3) is 0 Å². The van der Waals surface area contributed by atoms with E-state index in [0.29, 0.717) is 16.3 Å². The van der Waals surface area contributed by atoms with Gasteiger partial charge in [0.25, 0.3) is 0 Å². The van der Waals surface area contributed by atoms with Crippen molar-refractivity contribution in [2.45, 2.75) is 38.9 Å². The monoisotopic (exact) mass is 531 g/mol. The van der Waals surface area contributed by atoms with Crippen LogP contribution in [0.2, 0.25) is 5.02 Å². The molecule has 0 aromatic heterocycles. The molecule has 1 fully saturated rings. The van der Waals surface area contributed by atoms with Crippen molar-refractivity contribution < 1.29 is 26.4 Å². The van der Waals surface area contributed by atoms with Crippen LogP contribution in [0.4, 0.5) is 24.5 Å². The van der Waals surface area contributed by atoms with Gasteiger partial charge in [0.15, 0.2) is 0 Å². The lowest BCUT2D eigenvalue weighted by Gasteiger charge is -2.33. The lowest BCUT2D eigenvalue weighted by Crippen LogP contribution is -2.41. The van der Waals surface area contributed by atoms with Gasteiger partial charge < -0.3 is 10.2 Å². The molecule has 0 saturated carbocycles. The van der Waals surface area contributed by atoms with Gasteiger partial charge in [-0.25, -0.2) is 8.42 Å². The summed E-state index contributed by atoms with van der Waals surface area (Å²) in [7, 11) is -4.05. The van der Waals surface area contributed by atoms with Gasteiger partial charge >= 0.3 is 6.18 Å². The number of amides is 1. The molecule has 1 N–H and O–H groups in total. The molecular formula is C24H29ClF3N3O3S. The van der Waals surface area contributed by atoms with Crippen LogP contribution >= 0.6 is 11.6 Å². The quantitative estimate of drug-likeness (QED) is 0.530. The van der Waals surface area contributed by atoms with E-state index in [1.54, 1.807) is 6.92 Å². The van der Waals surface area contributed by atoms with Gasteiger partial charge in [0, 0.05) is 18.8 Å². The largest absolute Gasteiger partial charge is 0.417 e. The van der Waals surface area contributed by atoms with Gasteiger partial charge in [-0.05, 0) is 61.6 Å². The molecule has 192 valence electrons. The average Bonchev–Trinajstić information content (AvgIpc) is 2.76. The third-order valence-corrected chi connectivity index (χ3v) is 7.49. The van der Waals surface area contributed by atoms with Crippen LogP contribution in [-0.4, -0.2) is 40.2 Å². The van der Waals surface area contributed by atoms with E-state index in [-0.39, 0.29) is 5.69 Å². The Hall–Kier alpha value is -2.46. The molecule has 2 unspecified atom stereocenters. The Morgan fingerprint density at radius 1 is 1.23 bits per heavy atom. The topological polar surface area (TPSA) is 69.7 Å². The second kappa shape index (κ2) is 10.7. The molecule has 2 aromatic rings. The molecule has 1 amide bonds. The van der Waals surface area contributed by atoms with Crippen LogP contribution in [0, 0.1) is 5.92 Å². The third-order valence-electron chi connectivity index (χ3n) is 6.02. The normalized spacial score (nSPS) is 17.7. The third kappa shape index (κ3) is 7.04. The van der Waals surface area contributed by atoms with E-state index in [1.807, 2.05) is 24.3 Å². The number of hydrogen-bond donors (Lipinski definition) is 1. The molecule has 2 aromatic carbocycles. The zero-order chi connectivity index (χ0) is 26.0. The Bertz CT molecular complexity index is 1160. The molecule has 2 atom stereocenters. The first-order valence-electron chi connectivity index (χ1n) is 11.2. The minimum atomic E-state index is -4.77. The summed E-state index contributed by atoms with van der Waals surface area (Å²) in [5, 5.41) is 2.16. The van der Waals surface area contributed by atoms with Gasteiger partial charge in [-0.15, -0.1) is 0 Å².